The molecular weight excluding hydrogens is 385 g/mol. The van der Waals surface area contributed by atoms with Gasteiger partial charge in [0.1, 0.15) is 6.54 Å². The number of nitrogens with zero attached hydrogens (tertiary/aromatic N) is 2. The average molecular weight is 402 g/mol. The summed E-state index contributed by atoms with van der Waals surface area (Å²) in [6.07, 6.45) is -3.03. The molecule has 0 unspecified atom stereocenters. The molecule has 1 saturated carbocycles. The Bertz CT molecular complexity index is 948. The van der Waals surface area contributed by atoms with Gasteiger partial charge < -0.3 is 5.32 Å². The predicted octanol–water partition coefficient (Wildman–Crippen LogP) is 2.33. The van der Waals surface area contributed by atoms with Crippen molar-refractivity contribution in [1.82, 2.24) is 14.5 Å². The number of amides is 1. The normalized spacial score (nSPS) is 15.0. The number of benzene rings is 1. The molecule has 0 aliphatic heterocycles. The zero-order valence-electron chi connectivity index (χ0n) is 14.2. The SMILES string of the molecule is CNS(=O)(=O)c1ccc(NC(=O)Cn2nc(C(F)(F)F)cc2C2CC2)cc1. The van der Waals surface area contributed by atoms with Crippen LogP contribution >= 0.6 is 0 Å². The Morgan fingerprint density at radius 1 is 1.26 bits per heavy atom. The highest BCUT2D eigenvalue weighted by molar-refractivity contribution is 7.89. The van der Waals surface area contributed by atoms with Crippen LogP contribution in [0.3, 0.4) is 0 Å². The van der Waals surface area contributed by atoms with Gasteiger partial charge in [0, 0.05) is 17.3 Å². The van der Waals surface area contributed by atoms with Gasteiger partial charge in [0.25, 0.3) is 0 Å². The van der Waals surface area contributed by atoms with Crippen LogP contribution in [0.15, 0.2) is 35.2 Å². The van der Waals surface area contributed by atoms with Gasteiger partial charge in [0.15, 0.2) is 5.69 Å². The third-order valence-electron chi connectivity index (χ3n) is 4.11. The quantitative estimate of drug-likeness (QED) is 0.776. The van der Waals surface area contributed by atoms with E-state index in [9.17, 15) is 26.4 Å². The van der Waals surface area contributed by atoms with Crippen LogP contribution in [-0.4, -0.2) is 31.2 Å². The van der Waals surface area contributed by atoms with Crippen LogP contribution in [0, 0.1) is 0 Å². The molecule has 1 fully saturated rings. The van der Waals surface area contributed by atoms with Crippen LogP contribution in [0.5, 0.6) is 0 Å². The Kier molecular flexibility index (Phi) is 5.00. The largest absolute Gasteiger partial charge is 0.435 e. The molecule has 27 heavy (non-hydrogen) atoms. The molecule has 7 nitrogen and oxygen atoms in total. The van der Waals surface area contributed by atoms with E-state index in [1.807, 2.05) is 0 Å². The van der Waals surface area contributed by atoms with Gasteiger partial charge in [-0.2, -0.15) is 18.3 Å². The fourth-order valence-electron chi connectivity index (χ4n) is 2.58. The van der Waals surface area contributed by atoms with E-state index in [2.05, 4.69) is 15.1 Å². The first-order chi connectivity index (χ1) is 12.6. The smallest absolute Gasteiger partial charge is 0.324 e. The second-order valence-electron chi connectivity index (χ2n) is 6.16. The Balaban J connectivity index is 1.72. The summed E-state index contributed by atoms with van der Waals surface area (Å²) in [6.45, 7) is -0.363. The third-order valence-corrected chi connectivity index (χ3v) is 5.54. The molecule has 0 bridgehead atoms. The number of carbonyl (C=O) groups excluding carboxylic acids is 1. The van der Waals surface area contributed by atoms with E-state index in [0.717, 1.165) is 23.6 Å². The number of hydrogen-bond donors (Lipinski definition) is 2. The van der Waals surface area contributed by atoms with Crippen LogP contribution < -0.4 is 10.0 Å². The van der Waals surface area contributed by atoms with Crippen molar-refractivity contribution in [2.75, 3.05) is 12.4 Å². The summed E-state index contributed by atoms with van der Waals surface area (Å²) in [6, 6.07) is 6.41. The third kappa shape index (κ3) is 4.48. The molecule has 1 aliphatic rings. The number of aromatic nitrogens is 2. The Morgan fingerprint density at radius 2 is 1.89 bits per heavy atom. The molecule has 0 spiro atoms. The van der Waals surface area contributed by atoms with Gasteiger partial charge >= 0.3 is 6.18 Å². The average Bonchev–Trinajstić information content (AvgIpc) is 3.35. The molecule has 146 valence electrons. The monoisotopic (exact) mass is 402 g/mol. The molecular formula is C16H17F3N4O3S. The van der Waals surface area contributed by atoms with Crippen molar-refractivity contribution in [1.29, 1.82) is 0 Å². The lowest BCUT2D eigenvalue weighted by Crippen LogP contribution is -2.21. The van der Waals surface area contributed by atoms with Gasteiger partial charge in [-0.1, -0.05) is 0 Å². The van der Waals surface area contributed by atoms with E-state index >= 15 is 0 Å². The van der Waals surface area contributed by atoms with Crippen molar-refractivity contribution in [3.63, 3.8) is 0 Å². The number of nitrogens with one attached hydrogen (secondary N) is 2. The van der Waals surface area contributed by atoms with Gasteiger partial charge in [0.05, 0.1) is 4.90 Å². The minimum atomic E-state index is -4.57. The molecule has 0 radical (unpaired) electrons. The Labute approximate surface area is 153 Å². The first kappa shape index (κ1) is 19.4. The maximum Gasteiger partial charge on any atom is 0.435 e. The van der Waals surface area contributed by atoms with E-state index < -0.39 is 27.8 Å². The number of anilines is 1. The summed E-state index contributed by atoms with van der Waals surface area (Å²) < 4.78 is 65.2. The molecule has 0 saturated heterocycles. The summed E-state index contributed by atoms with van der Waals surface area (Å²) in [4.78, 5) is 12.2. The minimum Gasteiger partial charge on any atom is -0.324 e. The highest BCUT2D eigenvalue weighted by Gasteiger charge is 2.38. The number of carbonyl (C=O) groups is 1. The van der Waals surface area contributed by atoms with E-state index in [1.54, 1.807) is 0 Å². The Hall–Kier alpha value is -2.40. The zero-order valence-corrected chi connectivity index (χ0v) is 15.1. The van der Waals surface area contributed by atoms with Crippen molar-refractivity contribution >= 4 is 21.6 Å². The van der Waals surface area contributed by atoms with Crippen LogP contribution in [0.1, 0.15) is 30.1 Å². The first-order valence-electron chi connectivity index (χ1n) is 8.08. The van der Waals surface area contributed by atoms with Gasteiger partial charge in [-0.25, -0.2) is 13.1 Å². The van der Waals surface area contributed by atoms with Crippen molar-refractivity contribution in [2.24, 2.45) is 0 Å². The minimum absolute atomic E-state index is 0.00701. The van der Waals surface area contributed by atoms with Crippen molar-refractivity contribution in [3.05, 3.63) is 41.7 Å². The molecule has 3 rings (SSSR count). The molecule has 1 aromatic heterocycles. The number of halogens is 3. The lowest BCUT2D eigenvalue weighted by Gasteiger charge is -2.09. The molecule has 1 aliphatic carbocycles. The molecule has 2 aromatic rings. The molecule has 1 aromatic carbocycles. The highest BCUT2D eigenvalue weighted by atomic mass is 32.2. The fourth-order valence-corrected chi connectivity index (χ4v) is 3.31. The van der Waals surface area contributed by atoms with Crippen molar-refractivity contribution in [2.45, 2.75) is 36.4 Å². The van der Waals surface area contributed by atoms with E-state index in [0.29, 0.717) is 11.4 Å². The number of alkyl halides is 3. The summed E-state index contributed by atoms with van der Waals surface area (Å²) in [5.41, 5.74) is -0.294. The fraction of sp³-hybridized carbons (Fsp3) is 0.375. The van der Waals surface area contributed by atoms with Gasteiger partial charge in [0.2, 0.25) is 15.9 Å². The first-order valence-corrected chi connectivity index (χ1v) is 9.57. The standard InChI is InChI=1S/C16H17F3N4O3S/c1-20-27(25,26)12-6-4-11(5-7-12)21-15(24)9-23-13(10-2-3-10)8-14(22-23)16(17,18)19/h4-8,10,20H,2-3,9H2,1H3,(H,21,24). The van der Waals surface area contributed by atoms with Gasteiger partial charge in [-0.3, -0.25) is 9.48 Å². The van der Waals surface area contributed by atoms with E-state index in [4.69, 9.17) is 0 Å². The number of hydrogen-bond acceptors (Lipinski definition) is 4. The lowest BCUT2D eigenvalue weighted by molar-refractivity contribution is -0.141. The van der Waals surface area contributed by atoms with Crippen LogP contribution in [-0.2, 0) is 27.5 Å². The summed E-state index contributed by atoms with van der Waals surface area (Å²) in [7, 11) is -2.32. The maximum atomic E-state index is 12.9. The molecule has 0 atom stereocenters. The van der Waals surface area contributed by atoms with E-state index in [1.165, 1.54) is 31.3 Å². The van der Waals surface area contributed by atoms with Crippen LogP contribution in [0.25, 0.3) is 0 Å². The molecule has 1 amide bonds. The second-order valence-corrected chi connectivity index (χ2v) is 8.05. The summed E-state index contributed by atoms with van der Waals surface area (Å²) in [5.74, 6) is -0.564. The summed E-state index contributed by atoms with van der Waals surface area (Å²) in [5, 5.41) is 6.05. The zero-order chi connectivity index (χ0) is 19.8. The predicted molar refractivity (Wildman–Crippen MR) is 90.5 cm³/mol. The molecule has 1 heterocycles. The van der Waals surface area contributed by atoms with Crippen LogP contribution in [0.4, 0.5) is 18.9 Å². The summed E-state index contributed by atoms with van der Waals surface area (Å²) >= 11 is 0. The van der Waals surface area contributed by atoms with Crippen molar-refractivity contribution < 1.29 is 26.4 Å². The van der Waals surface area contributed by atoms with Crippen LogP contribution in [0.2, 0.25) is 0 Å². The maximum absolute atomic E-state index is 12.9. The Morgan fingerprint density at radius 3 is 2.41 bits per heavy atom. The number of sulfonamides is 1. The number of rotatable bonds is 6. The molecule has 11 heteroatoms. The second kappa shape index (κ2) is 6.97. The highest BCUT2D eigenvalue weighted by Crippen LogP contribution is 2.42. The molecule has 2 N–H and O–H groups in total. The lowest BCUT2D eigenvalue weighted by atomic mass is 10.2. The van der Waals surface area contributed by atoms with Gasteiger partial charge in [-0.15, -0.1) is 0 Å². The topological polar surface area (TPSA) is 93.1 Å². The van der Waals surface area contributed by atoms with E-state index in [-0.39, 0.29) is 17.4 Å². The van der Waals surface area contributed by atoms with Gasteiger partial charge in [-0.05, 0) is 50.2 Å². The van der Waals surface area contributed by atoms with Crippen molar-refractivity contribution in [3.8, 4) is 0 Å².